The largest absolute Gasteiger partial charge is 0.338 e. The fourth-order valence-electron chi connectivity index (χ4n) is 3.76. The Morgan fingerprint density at radius 1 is 1.00 bits per heavy atom. The minimum atomic E-state index is 0.218. The summed E-state index contributed by atoms with van der Waals surface area (Å²) in [4.78, 5) is 24.2. The number of thiazole rings is 1. The molecule has 3 aromatic rings. The molecule has 0 atom stereocenters. The summed E-state index contributed by atoms with van der Waals surface area (Å²) < 4.78 is 1.25. The van der Waals surface area contributed by atoms with Gasteiger partial charge in [0.15, 0.2) is 0 Å². The molecule has 4 rings (SSSR count). The van der Waals surface area contributed by atoms with E-state index in [4.69, 9.17) is 4.98 Å². The predicted octanol–water partition coefficient (Wildman–Crippen LogP) is 3.46. The Kier molecular flexibility index (Phi) is 6.54. The molecule has 6 heteroatoms. The number of para-hydroxylation sites is 1. The second-order valence-electron chi connectivity index (χ2n) is 7.52. The third-order valence-electron chi connectivity index (χ3n) is 5.47. The molecule has 1 aliphatic heterocycles. The summed E-state index contributed by atoms with van der Waals surface area (Å²) in [6, 6.07) is 18.5. The van der Waals surface area contributed by atoms with Crippen LogP contribution in [0.2, 0.25) is 0 Å². The van der Waals surface area contributed by atoms with E-state index in [2.05, 4.69) is 47.1 Å². The van der Waals surface area contributed by atoms with Gasteiger partial charge in [0.25, 0.3) is 0 Å². The first-order chi connectivity index (χ1) is 14.2. The molecule has 152 valence electrons. The van der Waals surface area contributed by atoms with Crippen LogP contribution < -0.4 is 0 Å². The quantitative estimate of drug-likeness (QED) is 0.600. The molecule has 0 N–H and O–H groups in total. The minimum absolute atomic E-state index is 0.218. The van der Waals surface area contributed by atoms with Crippen molar-refractivity contribution < 1.29 is 4.79 Å². The van der Waals surface area contributed by atoms with Crippen molar-refractivity contribution in [3.63, 3.8) is 0 Å². The highest BCUT2D eigenvalue weighted by atomic mass is 32.1. The number of carbonyl (C=O) groups excluding carboxylic acids is 1. The molecule has 0 aliphatic carbocycles. The molecule has 1 saturated heterocycles. The lowest BCUT2D eigenvalue weighted by Crippen LogP contribution is -2.49. The summed E-state index contributed by atoms with van der Waals surface area (Å²) in [5.41, 5.74) is 2.28. The fourth-order valence-corrected chi connectivity index (χ4v) is 4.77. The zero-order chi connectivity index (χ0) is 20.1. The SMILES string of the molecule is CCN(Cc1ccccc1)C(=O)CN1CCN(Cc2nc3ccccc3s2)CC1. The van der Waals surface area contributed by atoms with Crippen LogP contribution in [0.4, 0.5) is 0 Å². The van der Waals surface area contributed by atoms with Gasteiger partial charge in [0.1, 0.15) is 5.01 Å². The maximum atomic E-state index is 12.8. The zero-order valence-electron chi connectivity index (χ0n) is 17.0. The van der Waals surface area contributed by atoms with Crippen LogP contribution in [0.15, 0.2) is 54.6 Å². The van der Waals surface area contributed by atoms with E-state index < -0.39 is 0 Å². The summed E-state index contributed by atoms with van der Waals surface area (Å²) in [6.07, 6.45) is 0. The second kappa shape index (κ2) is 9.48. The van der Waals surface area contributed by atoms with E-state index in [1.165, 1.54) is 15.3 Å². The van der Waals surface area contributed by atoms with Gasteiger partial charge >= 0.3 is 0 Å². The molecule has 2 heterocycles. The number of aromatic nitrogens is 1. The summed E-state index contributed by atoms with van der Waals surface area (Å²) in [5, 5.41) is 1.18. The molecule has 0 bridgehead atoms. The van der Waals surface area contributed by atoms with Crippen LogP contribution in [0.1, 0.15) is 17.5 Å². The number of fused-ring (bicyclic) bond motifs is 1. The van der Waals surface area contributed by atoms with Crippen molar-refractivity contribution in [2.45, 2.75) is 20.0 Å². The van der Waals surface area contributed by atoms with E-state index in [9.17, 15) is 4.79 Å². The van der Waals surface area contributed by atoms with Crippen molar-refractivity contribution in [3.8, 4) is 0 Å². The van der Waals surface area contributed by atoms with Crippen LogP contribution in [0.25, 0.3) is 10.2 Å². The second-order valence-corrected chi connectivity index (χ2v) is 8.64. The lowest BCUT2D eigenvalue weighted by atomic mass is 10.2. The predicted molar refractivity (Wildman–Crippen MR) is 119 cm³/mol. The number of hydrogen-bond donors (Lipinski definition) is 0. The normalized spacial score (nSPS) is 15.6. The third-order valence-corrected chi connectivity index (χ3v) is 6.49. The molecule has 0 saturated carbocycles. The Bertz CT molecular complexity index is 901. The number of piperazine rings is 1. The van der Waals surface area contributed by atoms with Gasteiger partial charge in [-0.2, -0.15) is 0 Å². The average molecular weight is 409 g/mol. The molecule has 1 fully saturated rings. The first-order valence-electron chi connectivity index (χ1n) is 10.3. The van der Waals surface area contributed by atoms with Gasteiger partial charge in [0, 0.05) is 39.3 Å². The van der Waals surface area contributed by atoms with Gasteiger partial charge in [0.2, 0.25) is 5.91 Å². The summed E-state index contributed by atoms with van der Waals surface area (Å²) in [5.74, 6) is 0.218. The Hall–Kier alpha value is -2.28. The van der Waals surface area contributed by atoms with E-state index in [0.717, 1.165) is 44.8 Å². The Morgan fingerprint density at radius 2 is 1.69 bits per heavy atom. The van der Waals surface area contributed by atoms with Gasteiger partial charge in [-0.25, -0.2) is 4.98 Å². The highest BCUT2D eigenvalue weighted by molar-refractivity contribution is 7.18. The standard InChI is InChI=1S/C23H28N4OS/c1-2-27(16-19-8-4-3-5-9-19)23(28)18-26-14-12-25(13-15-26)17-22-24-20-10-6-7-11-21(20)29-22/h3-11H,2,12-18H2,1H3. The van der Waals surface area contributed by atoms with E-state index in [1.54, 1.807) is 11.3 Å². The molecule has 5 nitrogen and oxygen atoms in total. The van der Waals surface area contributed by atoms with Crippen molar-refractivity contribution in [2.24, 2.45) is 0 Å². The first-order valence-corrected chi connectivity index (χ1v) is 11.1. The smallest absolute Gasteiger partial charge is 0.237 e. The van der Waals surface area contributed by atoms with Gasteiger partial charge in [-0.05, 0) is 24.6 Å². The maximum Gasteiger partial charge on any atom is 0.237 e. The lowest BCUT2D eigenvalue weighted by Gasteiger charge is -2.35. The van der Waals surface area contributed by atoms with Crippen LogP contribution in [-0.4, -0.2) is 64.9 Å². The van der Waals surface area contributed by atoms with Crippen molar-refractivity contribution in [2.75, 3.05) is 39.3 Å². The maximum absolute atomic E-state index is 12.8. The van der Waals surface area contributed by atoms with Gasteiger partial charge < -0.3 is 4.90 Å². The summed E-state index contributed by atoms with van der Waals surface area (Å²) >= 11 is 1.78. The van der Waals surface area contributed by atoms with Crippen LogP contribution in [0.3, 0.4) is 0 Å². The fraction of sp³-hybridized carbons (Fsp3) is 0.391. The molecular formula is C23H28N4OS. The Balaban J connectivity index is 1.26. The number of carbonyl (C=O) groups is 1. The number of likely N-dealkylation sites (N-methyl/N-ethyl adjacent to an activating group) is 1. The van der Waals surface area contributed by atoms with E-state index in [1.807, 2.05) is 29.2 Å². The molecule has 1 amide bonds. The van der Waals surface area contributed by atoms with Crippen molar-refractivity contribution >= 4 is 27.5 Å². The molecule has 0 spiro atoms. The van der Waals surface area contributed by atoms with Crippen molar-refractivity contribution in [3.05, 3.63) is 65.2 Å². The highest BCUT2D eigenvalue weighted by Crippen LogP contribution is 2.23. The number of amides is 1. The number of rotatable bonds is 7. The topological polar surface area (TPSA) is 39.7 Å². The number of benzene rings is 2. The van der Waals surface area contributed by atoms with Gasteiger partial charge in [-0.1, -0.05) is 42.5 Å². The van der Waals surface area contributed by atoms with Crippen LogP contribution >= 0.6 is 11.3 Å². The Morgan fingerprint density at radius 3 is 2.41 bits per heavy atom. The van der Waals surface area contributed by atoms with E-state index in [-0.39, 0.29) is 5.91 Å². The van der Waals surface area contributed by atoms with Crippen LogP contribution in [0.5, 0.6) is 0 Å². The molecule has 0 radical (unpaired) electrons. The summed E-state index contributed by atoms with van der Waals surface area (Å²) in [6.45, 7) is 8.71. The molecular weight excluding hydrogens is 380 g/mol. The summed E-state index contributed by atoms with van der Waals surface area (Å²) in [7, 11) is 0. The number of nitrogens with zero attached hydrogens (tertiary/aromatic N) is 4. The molecule has 29 heavy (non-hydrogen) atoms. The highest BCUT2D eigenvalue weighted by Gasteiger charge is 2.22. The van der Waals surface area contributed by atoms with Gasteiger partial charge in [-0.3, -0.25) is 14.6 Å². The van der Waals surface area contributed by atoms with Crippen molar-refractivity contribution in [1.29, 1.82) is 0 Å². The van der Waals surface area contributed by atoms with Gasteiger partial charge in [-0.15, -0.1) is 11.3 Å². The lowest BCUT2D eigenvalue weighted by molar-refractivity contribution is -0.133. The molecule has 2 aromatic carbocycles. The molecule has 1 aromatic heterocycles. The molecule has 1 aliphatic rings. The van der Waals surface area contributed by atoms with E-state index >= 15 is 0 Å². The van der Waals surface area contributed by atoms with Crippen LogP contribution in [0, 0.1) is 0 Å². The molecule has 0 unspecified atom stereocenters. The van der Waals surface area contributed by atoms with Crippen LogP contribution in [-0.2, 0) is 17.9 Å². The third kappa shape index (κ3) is 5.21. The van der Waals surface area contributed by atoms with Crippen molar-refractivity contribution in [1.82, 2.24) is 19.7 Å². The zero-order valence-corrected chi connectivity index (χ0v) is 17.8. The van der Waals surface area contributed by atoms with E-state index in [0.29, 0.717) is 13.1 Å². The Labute approximate surface area is 176 Å². The minimum Gasteiger partial charge on any atom is -0.338 e. The first kappa shape index (κ1) is 20.0. The number of hydrogen-bond acceptors (Lipinski definition) is 5. The van der Waals surface area contributed by atoms with Gasteiger partial charge in [0.05, 0.1) is 23.3 Å². The average Bonchev–Trinajstić information content (AvgIpc) is 3.16. The monoisotopic (exact) mass is 408 g/mol.